The molecule has 2 saturated heterocycles. The number of aromatic nitrogens is 1. The third-order valence-electron chi connectivity index (χ3n) is 5.45. The van der Waals surface area contributed by atoms with E-state index in [0.29, 0.717) is 31.7 Å². The number of carbonyl (C=O) groups excluding carboxylic acids is 2. The first kappa shape index (κ1) is 25.5. The number of hydrogen-bond acceptors (Lipinski definition) is 5. The van der Waals surface area contributed by atoms with Crippen LogP contribution in [-0.4, -0.2) is 61.0 Å². The van der Waals surface area contributed by atoms with Crippen LogP contribution in [-0.2, 0) is 4.79 Å². The fraction of sp³-hybridized carbons (Fsp3) is 0.650. The van der Waals surface area contributed by atoms with Crippen LogP contribution < -0.4 is 16.0 Å². The molecule has 1 atom stereocenters. The number of carbonyl (C=O) groups is 2. The summed E-state index contributed by atoms with van der Waals surface area (Å²) in [7, 11) is 0. The Morgan fingerprint density at radius 2 is 1.79 bits per heavy atom. The van der Waals surface area contributed by atoms with E-state index in [1.165, 1.54) is 25.7 Å². The van der Waals surface area contributed by atoms with E-state index in [1.807, 2.05) is 12.1 Å². The Kier molecular flexibility index (Phi) is 11.3. The first-order chi connectivity index (χ1) is 13.2. The maximum Gasteiger partial charge on any atom is 0.255 e. The van der Waals surface area contributed by atoms with Gasteiger partial charge in [-0.1, -0.05) is 12.8 Å². The van der Waals surface area contributed by atoms with E-state index in [9.17, 15) is 9.59 Å². The number of amides is 2. The van der Waals surface area contributed by atoms with Crippen molar-refractivity contribution in [2.75, 3.05) is 44.2 Å². The van der Waals surface area contributed by atoms with Crippen LogP contribution in [0.5, 0.6) is 0 Å². The lowest BCUT2D eigenvalue weighted by Gasteiger charge is -2.32. The van der Waals surface area contributed by atoms with Crippen LogP contribution in [0, 0.1) is 5.92 Å². The van der Waals surface area contributed by atoms with Crippen molar-refractivity contribution in [3.05, 3.63) is 23.9 Å². The Balaban J connectivity index is 0.00000210. The molecule has 7 nitrogen and oxygen atoms in total. The number of anilines is 1. The number of pyridine rings is 1. The van der Waals surface area contributed by atoms with Gasteiger partial charge < -0.3 is 20.9 Å². The third-order valence-corrected chi connectivity index (χ3v) is 5.45. The van der Waals surface area contributed by atoms with Crippen molar-refractivity contribution in [3.8, 4) is 0 Å². The molecule has 2 aliphatic rings. The van der Waals surface area contributed by atoms with Gasteiger partial charge in [0.05, 0.1) is 11.5 Å². The summed E-state index contributed by atoms with van der Waals surface area (Å²) in [5.74, 6) is 0.749. The molecule has 29 heavy (non-hydrogen) atoms. The summed E-state index contributed by atoms with van der Waals surface area (Å²) in [5, 5.41) is 2.83. The number of rotatable bonds is 5. The van der Waals surface area contributed by atoms with Gasteiger partial charge in [0.2, 0.25) is 5.91 Å². The van der Waals surface area contributed by atoms with Gasteiger partial charge in [-0.15, -0.1) is 24.8 Å². The average molecular weight is 446 g/mol. The molecule has 1 aromatic heterocycles. The van der Waals surface area contributed by atoms with E-state index >= 15 is 0 Å². The van der Waals surface area contributed by atoms with Crippen LogP contribution in [0.2, 0.25) is 0 Å². The second-order valence-corrected chi connectivity index (χ2v) is 7.48. The number of piperidine rings is 1. The zero-order valence-electron chi connectivity index (χ0n) is 16.8. The average Bonchev–Trinajstić information content (AvgIpc) is 3.01. The number of hydrogen-bond donors (Lipinski definition) is 2. The molecular formula is C20H33Cl2N5O2. The molecule has 0 bridgehead atoms. The SMILES string of the molecule is Cl.Cl.NCCNC(=O)C1CCCN(C(=O)c2ccc(N3CCCCCC3)nc2)C1. The van der Waals surface area contributed by atoms with Gasteiger partial charge in [0.1, 0.15) is 5.82 Å². The fourth-order valence-electron chi connectivity index (χ4n) is 3.90. The van der Waals surface area contributed by atoms with E-state index in [1.54, 1.807) is 11.1 Å². The largest absolute Gasteiger partial charge is 0.357 e. The zero-order valence-corrected chi connectivity index (χ0v) is 18.5. The lowest BCUT2D eigenvalue weighted by Crippen LogP contribution is -2.46. The van der Waals surface area contributed by atoms with Gasteiger partial charge in [-0.25, -0.2) is 4.98 Å². The van der Waals surface area contributed by atoms with E-state index in [4.69, 9.17) is 5.73 Å². The Labute approximate surface area is 185 Å². The lowest BCUT2D eigenvalue weighted by molar-refractivity contribution is -0.126. The molecule has 0 radical (unpaired) electrons. The van der Waals surface area contributed by atoms with Crippen molar-refractivity contribution < 1.29 is 9.59 Å². The molecule has 3 heterocycles. The highest BCUT2D eigenvalue weighted by Gasteiger charge is 2.29. The standard InChI is InChI=1S/C20H31N5O2.2ClH/c21-9-10-22-19(26)17-6-5-13-25(15-17)20(27)16-7-8-18(23-14-16)24-11-3-1-2-4-12-24;;/h7-8,14,17H,1-6,9-13,15,21H2,(H,22,26);2*1H. The Hall–Kier alpha value is -1.57. The maximum atomic E-state index is 12.8. The molecule has 1 unspecified atom stereocenters. The molecule has 0 aromatic carbocycles. The van der Waals surface area contributed by atoms with Gasteiger partial charge in [0.25, 0.3) is 5.91 Å². The van der Waals surface area contributed by atoms with Crippen LogP contribution in [0.4, 0.5) is 5.82 Å². The summed E-state index contributed by atoms with van der Waals surface area (Å²) in [6, 6.07) is 3.82. The fourth-order valence-corrected chi connectivity index (χ4v) is 3.90. The third kappa shape index (κ3) is 7.01. The van der Waals surface area contributed by atoms with Gasteiger partial charge in [-0.05, 0) is 37.8 Å². The smallest absolute Gasteiger partial charge is 0.255 e. The molecule has 3 rings (SSSR count). The van der Waals surface area contributed by atoms with E-state index in [-0.39, 0.29) is 42.5 Å². The molecule has 2 aliphatic heterocycles. The monoisotopic (exact) mass is 445 g/mol. The minimum Gasteiger partial charge on any atom is -0.357 e. The second kappa shape index (κ2) is 12.9. The van der Waals surface area contributed by atoms with Crippen molar-refractivity contribution in [3.63, 3.8) is 0 Å². The molecule has 2 amide bonds. The van der Waals surface area contributed by atoms with Crippen LogP contribution in [0.1, 0.15) is 48.9 Å². The first-order valence-corrected chi connectivity index (χ1v) is 10.2. The second-order valence-electron chi connectivity index (χ2n) is 7.48. The topological polar surface area (TPSA) is 91.6 Å². The van der Waals surface area contributed by atoms with Crippen LogP contribution in [0.3, 0.4) is 0 Å². The Morgan fingerprint density at radius 1 is 1.07 bits per heavy atom. The van der Waals surface area contributed by atoms with Gasteiger partial charge in [0.15, 0.2) is 0 Å². The minimum atomic E-state index is -0.154. The van der Waals surface area contributed by atoms with Crippen molar-refractivity contribution in [2.24, 2.45) is 11.7 Å². The Bertz CT molecular complexity index is 636. The number of nitrogens with two attached hydrogens (primary N) is 1. The maximum absolute atomic E-state index is 12.8. The number of likely N-dealkylation sites (tertiary alicyclic amines) is 1. The summed E-state index contributed by atoms with van der Waals surface area (Å²) in [6.07, 6.45) is 8.29. The highest BCUT2D eigenvalue weighted by atomic mass is 35.5. The molecular weight excluding hydrogens is 413 g/mol. The van der Waals surface area contributed by atoms with Crippen LogP contribution >= 0.6 is 24.8 Å². The highest BCUT2D eigenvalue weighted by Crippen LogP contribution is 2.21. The molecule has 0 aliphatic carbocycles. The van der Waals surface area contributed by atoms with Crippen molar-refractivity contribution in [1.82, 2.24) is 15.2 Å². The summed E-state index contributed by atoms with van der Waals surface area (Å²) in [4.78, 5) is 33.7. The van der Waals surface area contributed by atoms with E-state index in [0.717, 1.165) is 31.7 Å². The lowest BCUT2D eigenvalue weighted by atomic mass is 9.96. The van der Waals surface area contributed by atoms with Crippen molar-refractivity contribution in [1.29, 1.82) is 0 Å². The van der Waals surface area contributed by atoms with Crippen molar-refractivity contribution in [2.45, 2.75) is 38.5 Å². The predicted molar refractivity (Wildman–Crippen MR) is 120 cm³/mol. The molecule has 1 aromatic rings. The van der Waals surface area contributed by atoms with E-state index < -0.39 is 0 Å². The summed E-state index contributed by atoms with van der Waals surface area (Å²) < 4.78 is 0. The number of halogens is 2. The van der Waals surface area contributed by atoms with Crippen LogP contribution in [0.25, 0.3) is 0 Å². The minimum absolute atomic E-state index is 0. The number of nitrogens with zero attached hydrogens (tertiary/aromatic N) is 3. The predicted octanol–water partition coefficient (Wildman–Crippen LogP) is 2.23. The van der Waals surface area contributed by atoms with Crippen molar-refractivity contribution >= 4 is 42.4 Å². The van der Waals surface area contributed by atoms with Gasteiger partial charge in [-0.3, -0.25) is 9.59 Å². The molecule has 164 valence electrons. The summed E-state index contributed by atoms with van der Waals surface area (Å²) in [5.41, 5.74) is 6.04. The molecule has 3 N–H and O–H groups in total. The first-order valence-electron chi connectivity index (χ1n) is 10.2. The van der Waals surface area contributed by atoms with Gasteiger partial charge in [0, 0.05) is 45.5 Å². The summed E-state index contributed by atoms with van der Waals surface area (Å²) >= 11 is 0. The molecule has 2 fully saturated rings. The Morgan fingerprint density at radius 3 is 2.41 bits per heavy atom. The van der Waals surface area contributed by atoms with Crippen LogP contribution in [0.15, 0.2) is 18.3 Å². The van der Waals surface area contributed by atoms with Gasteiger partial charge in [-0.2, -0.15) is 0 Å². The van der Waals surface area contributed by atoms with Gasteiger partial charge >= 0.3 is 0 Å². The number of nitrogens with one attached hydrogen (secondary N) is 1. The zero-order chi connectivity index (χ0) is 19.1. The molecule has 0 saturated carbocycles. The van der Waals surface area contributed by atoms with E-state index in [2.05, 4.69) is 15.2 Å². The normalized spacial score (nSPS) is 19.4. The highest BCUT2D eigenvalue weighted by molar-refractivity contribution is 5.94. The quantitative estimate of drug-likeness (QED) is 0.724. The molecule has 9 heteroatoms. The molecule has 0 spiro atoms. The summed E-state index contributed by atoms with van der Waals surface area (Å²) in [6.45, 7) is 4.12.